The van der Waals surface area contributed by atoms with Crippen LogP contribution in [0.25, 0.3) is 0 Å². The van der Waals surface area contributed by atoms with E-state index in [1.54, 1.807) is 13.0 Å². The molecular weight excluding hydrogens is 263 g/mol. The van der Waals surface area contributed by atoms with Crippen molar-refractivity contribution in [3.8, 4) is 0 Å². The lowest BCUT2D eigenvalue weighted by Gasteiger charge is -2.07. The lowest BCUT2D eigenvalue weighted by molar-refractivity contribution is -0.383. The number of nitro groups is 1. The molecule has 0 atom stereocenters. The van der Waals surface area contributed by atoms with E-state index in [1.807, 2.05) is 0 Å². The number of nitro benzene ring substituents is 1. The maximum absolute atomic E-state index is 13.5. The molecule has 0 aromatic heterocycles. The van der Waals surface area contributed by atoms with Gasteiger partial charge in [-0.2, -0.15) is 0 Å². The fraction of sp³-hybridized carbons (Fsp3) is 0.0714. The first-order chi connectivity index (χ1) is 9.49. The highest BCUT2D eigenvalue weighted by atomic mass is 19.1. The Hall–Kier alpha value is -2.76. The van der Waals surface area contributed by atoms with E-state index >= 15 is 0 Å². The summed E-state index contributed by atoms with van der Waals surface area (Å²) in [7, 11) is 0. The lowest BCUT2D eigenvalue weighted by atomic mass is 10.1. The molecule has 0 saturated carbocycles. The minimum absolute atomic E-state index is 0.0447. The third-order valence-electron chi connectivity index (χ3n) is 2.72. The van der Waals surface area contributed by atoms with Gasteiger partial charge >= 0.3 is 0 Å². The van der Waals surface area contributed by atoms with Crippen molar-refractivity contribution >= 4 is 17.3 Å². The van der Waals surface area contributed by atoms with Gasteiger partial charge < -0.3 is 5.32 Å². The molecule has 6 heteroatoms. The number of hydrogen-bond donors (Lipinski definition) is 1. The van der Waals surface area contributed by atoms with Gasteiger partial charge in [-0.25, -0.2) is 4.39 Å². The van der Waals surface area contributed by atoms with E-state index < -0.39 is 16.6 Å². The van der Waals surface area contributed by atoms with Crippen molar-refractivity contribution in [1.82, 2.24) is 0 Å². The van der Waals surface area contributed by atoms with Crippen LogP contribution in [0.3, 0.4) is 0 Å². The van der Waals surface area contributed by atoms with Crippen LogP contribution in [0.4, 0.5) is 15.8 Å². The van der Waals surface area contributed by atoms with Gasteiger partial charge in [0, 0.05) is 6.07 Å². The largest absolute Gasteiger partial charge is 0.316 e. The SMILES string of the molecule is Cc1ccc([N+](=O)[O-])c(NC(=O)c2ccccc2F)c1. The van der Waals surface area contributed by atoms with E-state index in [2.05, 4.69) is 5.32 Å². The van der Waals surface area contributed by atoms with Crippen LogP contribution in [0.15, 0.2) is 42.5 Å². The molecule has 0 saturated heterocycles. The molecule has 0 aliphatic rings. The van der Waals surface area contributed by atoms with Crippen molar-refractivity contribution in [2.24, 2.45) is 0 Å². The van der Waals surface area contributed by atoms with E-state index in [0.717, 1.165) is 11.6 Å². The minimum Gasteiger partial charge on any atom is -0.316 e. The normalized spacial score (nSPS) is 10.1. The summed E-state index contributed by atoms with van der Waals surface area (Å²) < 4.78 is 13.5. The fourth-order valence-electron chi connectivity index (χ4n) is 1.74. The van der Waals surface area contributed by atoms with Gasteiger partial charge in [0.1, 0.15) is 11.5 Å². The monoisotopic (exact) mass is 274 g/mol. The molecule has 1 amide bonds. The van der Waals surface area contributed by atoms with Gasteiger partial charge in [0.05, 0.1) is 10.5 Å². The van der Waals surface area contributed by atoms with Crippen LogP contribution >= 0.6 is 0 Å². The van der Waals surface area contributed by atoms with Crippen LogP contribution < -0.4 is 5.32 Å². The minimum atomic E-state index is -0.725. The zero-order valence-corrected chi connectivity index (χ0v) is 10.6. The average Bonchev–Trinajstić information content (AvgIpc) is 2.38. The third kappa shape index (κ3) is 2.80. The van der Waals surface area contributed by atoms with Crippen LogP contribution in [0, 0.1) is 22.9 Å². The highest BCUT2D eigenvalue weighted by Crippen LogP contribution is 2.26. The Kier molecular flexibility index (Phi) is 3.74. The van der Waals surface area contributed by atoms with E-state index in [9.17, 15) is 19.3 Å². The number of nitrogens with zero attached hydrogens (tertiary/aromatic N) is 1. The molecule has 1 N–H and O–H groups in total. The maximum Gasteiger partial charge on any atom is 0.292 e. The zero-order valence-electron chi connectivity index (χ0n) is 10.6. The van der Waals surface area contributed by atoms with Crippen molar-refractivity contribution in [1.29, 1.82) is 0 Å². The number of benzene rings is 2. The van der Waals surface area contributed by atoms with Crippen LogP contribution in [0.2, 0.25) is 0 Å². The zero-order chi connectivity index (χ0) is 14.7. The quantitative estimate of drug-likeness (QED) is 0.689. The van der Waals surface area contributed by atoms with Crippen molar-refractivity contribution < 1.29 is 14.1 Å². The second kappa shape index (κ2) is 5.48. The summed E-state index contributed by atoms with van der Waals surface area (Å²) in [5.41, 5.74) is 0.395. The van der Waals surface area contributed by atoms with E-state index in [-0.39, 0.29) is 16.9 Å². The topological polar surface area (TPSA) is 72.2 Å². The highest BCUT2D eigenvalue weighted by molar-refractivity contribution is 6.05. The molecule has 20 heavy (non-hydrogen) atoms. The molecule has 2 rings (SSSR count). The number of carbonyl (C=O) groups excluding carboxylic acids is 1. The Morgan fingerprint density at radius 2 is 1.95 bits per heavy atom. The van der Waals surface area contributed by atoms with Gasteiger partial charge in [0.2, 0.25) is 0 Å². The maximum atomic E-state index is 13.5. The first-order valence-corrected chi connectivity index (χ1v) is 5.80. The van der Waals surface area contributed by atoms with Gasteiger partial charge in [0.25, 0.3) is 11.6 Å². The number of halogens is 1. The molecule has 0 fully saturated rings. The number of carbonyl (C=O) groups is 1. The lowest BCUT2D eigenvalue weighted by Crippen LogP contribution is -2.14. The summed E-state index contributed by atoms with van der Waals surface area (Å²) in [6.45, 7) is 1.74. The average molecular weight is 274 g/mol. The Morgan fingerprint density at radius 3 is 2.60 bits per heavy atom. The van der Waals surface area contributed by atoms with Gasteiger partial charge in [-0.1, -0.05) is 18.2 Å². The summed E-state index contributed by atoms with van der Waals surface area (Å²) >= 11 is 0. The summed E-state index contributed by atoms with van der Waals surface area (Å²) in [5.74, 6) is -1.41. The van der Waals surface area contributed by atoms with Crippen molar-refractivity contribution in [3.63, 3.8) is 0 Å². The van der Waals surface area contributed by atoms with Crippen LogP contribution in [-0.2, 0) is 0 Å². The van der Waals surface area contributed by atoms with E-state index in [4.69, 9.17) is 0 Å². The van der Waals surface area contributed by atoms with Gasteiger partial charge in [-0.3, -0.25) is 14.9 Å². The Bertz CT molecular complexity index is 686. The van der Waals surface area contributed by atoms with Gasteiger partial charge in [0.15, 0.2) is 0 Å². The second-order valence-electron chi connectivity index (χ2n) is 4.21. The number of aryl methyl sites for hydroxylation is 1. The van der Waals surface area contributed by atoms with E-state index in [0.29, 0.717) is 0 Å². The van der Waals surface area contributed by atoms with Crippen molar-refractivity contribution in [3.05, 3.63) is 69.5 Å². The molecule has 0 aliphatic heterocycles. The second-order valence-corrected chi connectivity index (χ2v) is 4.21. The standard InChI is InChI=1S/C14H11FN2O3/c1-9-6-7-13(17(19)20)12(8-9)16-14(18)10-4-2-3-5-11(10)15/h2-8H,1H3,(H,16,18). The fourth-order valence-corrected chi connectivity index (χ4v) is 1.74. The molecule has 0 radical (unpaired) electrons. The smallest absolute Gasteiger partial charge is 0.292 e. The predicted octanol–water partition coefficient (Wildman–Crippen LogP) is 3.29. The first-order valence-electron chi connectivity index (χ1n) is 5.80. The van der Waals surface area contributed by atoms with Crippen LogP contribution in [-0.4, -0.2) is 10.8 Å². The predicted molar refractivity (Wildman–Crippen MR) is 72.2 cm³/mol. The summed E-state index contributed by atoms with van der Waals surface area (Å²) in [5, 5.41) is 13.3. The molecule has 2 aromatic rings. The molecule has 102 valence electrons. The Balaban J connectivity index is 2.35. The molecule has 0 unspecified atom stereocenters. The molecule has 0 heterocycles. The number of hydrogen-bond acceptors (Lipinski definition) is 3. The summed E-state index contributed by atoms with van der Waals surface area (Å²) in [6, 6.07) is 9.77. The molecule has 0 aliphatic carbocycles. The van der Waals surface area contributed by atoms with Crippen molar-refractivity contribution in [2.45, 2.75) is 6.92 Å². The number of anilines is 1. The number of nitrogens with one attached hydrogen (secondary N) is 1. The number of amides is 1. The highest BCUT2D eigenvalue weighted by Gasteiger charge is 2.18. The van der Waals surface area contributed by atoms with Crippen molar-refractivity contribution in [2.75, 3.05) is 5.32 Å². The molecular formula is C14H11FN2O3. The molecule has 5 nitrogen and oxygen atoms in total. The summed E-state index contributed by atoms with van der Waals surface area (Å²) in [6.07, 6.45) is 0. The van der Waals surface area contributed by atoms with Gasteiger partial charge in [-0.15, -0.1) is 0 Å². The van der Waals surface area contributed by atoms with Crippen LogP contribution in [0.5, 0.6) is 0 Å². The Morgan fingerprint density at radius 1 is 1.25 bits per heavy atom. The third-order valence-corrected chi connectivity index (χ3v) is 2.72. The molecule has 2 aromatic carbocycles. The van der Waals surface area contributed by atoms with Gasteiger partial charge in [-0.05, 0) is 30.7 Å². The first kappa shape index (κ1) is 13.7. The molecule has 0 spiro atoms. The van der Waals surface area contributed by atoms with E-state index in [1.165, 1.54) is 30.3 Å². The molecule has 0 bridgehead atoms. The Labute approximate surface area is 114 Å². The number of rotatable bonds is 3. The van der Waals surface area contributed by atoms with Crippen LogP contribution in [0.1, 0.15) is 15.9 Å². The summed E-state index contributed by atoms with van der Waals surface area (Å²) in [4.78, 5) is 22.2.